The van der Waals surface area contributed by atoms with E-state index in [2.05, 4.69) is 241 Å². The van der Waals surface area contributed by atoms with E-state index in [0.717, 1.165) is 61.3 Å². The summed E-state index contributed by atoms with van der Waals surface area (Å²) in [5.74, 6) is 0. The first-order valence-corrected chi connectivity index (χ1v) is 22.6. The molecule has 0 spiro atoms. The van der Waals surface area contributed by atoms with Crippen LogP contribution in [0.25, 0.3) is 110 Å². The van der Waals surface area contributed by atoms with Crippen LogP contribution in [0, 0.1) is 0 Å². The maximum absolute atomic E-state index is 6.26. The van der Waals surface area contributed by atoms with E-state index < -0.39 is 0 Å². The lowest BCUT2D eigenvalue weighted by Crippen LogP contribution is -2.10. The van der Waals surface area contributed by atoms with Gasteiger partial charge < -0.3 is 9.32 Å². The molecule has 0 aliphatic heterocycles. The zero-order chi connectivity index (χ0) is 43.6. The maximum Gasteiger partial charge on any atom is 0.136 e. The summed E-state index contributed by atoms with van der Waals surface area (Å²) in [6.45, 7) is 0. The second-order valence-electron chi connectivity index (χ2n) is 17.3. The van der Waals surface area contributed by atoms with Crippen molar-refractivity contribution in [2.75, 3.05) is 4.90 Å². The van der Waals surface area contributed by atoms with Gasteiger partial charge in [0.2, 0.25) is 0 Å². The Morgan fingerprint density at radius 1 is 0.258 bits per heavy atom. The first kappa shape index (κ1) is 37.8. The minimum atomic E-state index is 0.903. The van der Waals surface area contributed by atoms with Crippen LogP contribution in [-0.2, 0) is 0 Å². The normalized spacial score (nSPS) is 11.6. The Kier molecular flexibility index (Phi) is 8.89. The second-order valence-corrected chi connectivity index (χ2v) is 17.3. The molecule has 0 fully saturated rings. The molecule has 0 amide bonds. The summed E-state index contributed by atoms with van der Waals surface area (Å²) in [4.78, 5) is 2.42. The minimum Gasteiger partial charge on any atom is -0.456 e. The van der Waals surface area contributed by atoms with Crippen LogP contribution in [0.2, 0.25) is 0 Å². The molecule has 0 saturated carbocycles. The highest BCUT2D eigenvalue weighted by Crippen LogP contribution is 2.45. The first-order chi connectivity index (χ1) is 32.7. The zero-order valence-corrected chi connectivity index (χ0v) is 36.0. The van der Waals surface area contributed by atoms with E-state index in [1.54, 1.807) is 0 Å². The lowest BCUT2D eigenvalue weighted by atomic mass is 9.89. The molecule has 308 valence electrons. The third kappa shape index (κ3) is 6.42. The number of hydrogen-bond acceptors (Lipinski definition) is 2. The summed E-state index contributed by atoms with van der Waals surface area (Å²) in [5.41, 5.74) is 14.6. The molecule has 2 nitrogen and oxygen atoms in total. The van der Waals surface area contributed by atoms with Gasteiger partial charge in [-0.1, -0.05) is 188 Å². The number of rotatable bonds is 7. The van der Waals surface area contributed by atoms with Gasteiger partial charge in [0.15, 0.2) is 0 Å². The summed E-state index contributed by atoms with van der Waals surface area (Å²) < 4.78 is 6.26. The van der Waals surface area contributed by atoms with Gasteiger partial charge >= 0.3 is 0 Å². The molecule has 1 aromatic heterocycles. The lowest BCUT2D eigenvalue weighted by Gasteiger charge is -2.28. The van der Waals surface area contributed by atoms with Crippen molar-refractivity contribution in [3.63, 3.8) is 0 Å². The maximum atomic E-state index is 6.26. The summed E-state index contributed by atoms with van der Waals surface area (Å²) in [7, 11) is 0. The third-order valence-electron chi connectivity index (χ3n) is 13.4. The molecule has 1 heterocycles. The molecule has 0 aliphatic rings. The Morgan fingerprint density at radius 3 is 1.59 bits per heavy atom. The lowest BCUT2D eigenvalue weighted by molar-refractivity contribution is 0.669. The molecular weight excluding hydrogens is 799 g/mol. The van der Waals surface area contributed by atoms with E-state index >= 15 is 0 Å². The summed E-state index contributed by atoms with van der Waals surface area (Å²) in [6.07, 6.45) is 0. The van der Waals surface area contributed by atoms with Crippen LogP contribution in [0.15, 0.2) is 253 Å². The molecule has 0 unspecified atom stereocenters. The van der Waals surface area contributed by atoms with E-state index in [9.17, 15) is 0 Å². The fourth-order valence-corrected chi connectivity index (χ4v) is 10.2. The number of furan rings is 1. The highest BCUT2D eigenvalue weighted by atomic mass is 16.3. The van der Waals surface area contributed by atoms with Gasteiger partial charge in [-0.3, -0.25) is 0 Å². The smallest absolute Gasteiger partial charge is 0.136 e. The Labute approximate surface area is 382 Å². The van der Waals surface area contributed by atoms with Gasteiger partial charge in [0.05, 0.1) is 5.69 Å². The van der Waals surface area contributed by atoms with Gasteiger partial charge in [-0.2, -0.15) is 0 Å². The van der Waals surface area contributed by atoms with Crippen molar-refractivity contribution in [3.8, 4) is 44.5 Å². The summed E-state index contributed by atoms with van der Waals surface area (Å²) in [6, 6.07) is 90.5. The molecule has 13 aromatic rings. The highest BCUT2D eigenvalue weighted by Gasteiger charge is 2.19. The van der Waals surface area contributed by atoms with Crippen LogP contribution in [0.5, 0.6) is 0 Å². The van der Waals surface area contributed by atoms with Crippen LogP contribution >= 0.6 is 0 Å². The Morgan fingerprint density at radius 2 is 0.803 bits per heavy atom. The van der Waals surface area contributed by atoms with Crippen molar-refractivity contribution >= 4 is 82.1 Å². The number of fused-ring (bicyclic) bond motifs is 8. The van der Waals surface area contributed by atoms with Gasteiger partial charge in [-0.25, -0.2) is 0 Å². The third-order valence-corrected chi connectivity index (χ3v) is 13.4. The molecule has 0 aliphatic carbocycles. The van der Waals surface area contributed by atoms with E-state index in [1.807, 2.05) is 12.1 Å². The molecule has 0 saturated heterocycles. The first-order valence-electron chi connectivity index (χ1n) is 22.6. The van der Waals surface area contributed by atoms with Gasteiger partial charge in [0, 0.05) is 27.5 Å². The molecule has 0 N–H and O–H groups in total. The van der Waals surface area contributed by atoms with Crippen molar-refractivity contribution in [1.82, 2.24) is 0 Å². The number of anilines is 3. The van der Waals surface area contributed by atoms with E-state index in [1.165, 1.54) is 65.3 Å². The largest absolute Gasteiger partial charge is 0.456 e. The van der Waals surface area contributed by atoms with Crippen LogP contribution in [0.3, 0.4) is 0 Å². The SMILES string of the molecule is c1cc(-c2ccc(N(c3ccc(-c4ccc5ccccc5c4-c4ccc5ccccc5c4)cc3)c3cc4ccccc4c4ccccc34)cc2)cc(-c2ccc3c(c2)oc2ccccc23)c1. The van der Waals surface area contributed by atoms with Crippen molar-refractivity contribution in [1.29, 1.82) is 0 Å². The zero-order valence-electron chi connectivity index (χ0n) is 36.0. The van der Waals surface area contributed by atoms with Crippen LogP contribution in [-0.4, -0.2) is 0 Å². The molecule has 13 rings (SSSR count). The molecule has 0 bridgehead atoms. The molecule has 12 aromatic carbocycles. The molecule has 0 radical (unpaired) electrons. The summed E-state index contributed by atoms with van der Waals surface area (Å²) >= 11 is 0. The molecule has 2 heteroatoms. The van der Waals surface area contributed by atoms with E-state index in [-0.39, 0.29) is 0 Å². The predicted molar refractivity (Wildman–Crippen MR) is 280 cm³/mol. The van der Waals surface area contributed by atoms with Crippen LogP contribution in [0.1, 0.15) is 0 Å². The Balaban J connectivity index is 0.920. The van der Waals surface area contributed by atoms with Crippen molar-refractivity contribution in [3.05, 3.63) is 249 Å². The van der Waals surface area contributed by atoms with E-state index in [0.29, 0.717) is 0 Å². The fourth-order valence-electron chi connectivity index (χ4n) is 10.2. The fraction of sp³-hybridized carbons (Fsp3) is 0. The van der Waals surface area contributed by atoms with Gasteiger partial charge in [-0.15, -0.1) is 0 Å². The quantitative estimate of drug-likeness (QED) is 0.149. The van der Waals surface area contributed by atoms with Gasteiger partial charge in [-0.05, 0) is 143 Å². The van der Waals surface area contributed by atoms with Crippen LogP contribution in [0.4, 0.5) is 17.1 Å². The van der Waals surface area contributed by atoms with Crippen LogP contribution < -0.4 is 4.90 Å². The van der Waals surface area contributed by atoms with E-state index in [4.69, 9.17) is 4.42 Å². The van der Waals surface area contributed by atoms with Crippen molar-refractivity contribution in [2.24, 2.45) is 0 Å². The minimum absolute atomic E-state index is 0.903. The molecular formula is C64H41NO. The number of hydrogen-bond donors (Lipinski definition) is 0. The van der Waals surface area contributed by atoms with Crippen molar-refractivity contribution in [2.45, 2.75) is 0 Å². The monoisotopic (exact) mass is 839 g/mol. The highest BCUT2D eigenvalue weighted by molar-refractivity contribution is 6.15. The predicted octanol–water partition coefficient (Wildman–Crippen LogP) is 18.3. The second kappa shape index (κ2) is 15.5. The molecule has 0 atom stereocenters. The number of benzene rings is 12. The molecule has 66 heavy (non-hydrogen) atoms. The average Bonchev–Trinajstić information content (AvgIpc) is 3.77. The van der Waals surface area contributed by atoms with Gasteiger partial charge in [0.1, 0.15) is 11.2 Å². The Hall–Kier alpha value is -8.72. The number of para-hydroxylation sites is 1. The number of nitrogens with zero attached hydrogens (tertiary/aromatic N) is 1. The topological polar surface area (TPSA) is 16.4 Å². The Bertz CT molecular complexity index is 3990. The summed E-state index contributed by atoms with van der Waals surface area (Å²) in [5, 5.41) is 12.1. The van der Waals surface area contributed by atoms with Gasteiger partial charge in [0.25, 0.3) is 0 Å². The van der Waals surface area contributed by atoms with Crippen molar-refractivity contribution < 1.29 is 4.42 Å². The standard InChI is InChI=1S/C64H41NO/c1-2-14-46-39-51(25-24-42(46)12-1)64-55-19-6-3-13-44(55)30-36-56(64)45-28-34-53(35-29-45)65(61-40-50-15-4-5-18-54(50)57-20-7-8-21-58(57)61)52-32-26-43(27-33-52)47-16-11-17-48(38-47)49-31-37-60-59-22-9-10-23-62(59)66-63(60)41-49/h1-41H. The average molecular weight is 840 g/mol.